The molecule has 44 heavy (non-hydrogen) atoms. The molecule has 0 bridgehead atoms. The summed E-state index contributed by atoms with van der Waals surface area (Å²) < 4.78 is 35.0. The lowest BCUT2D eigenvalue weighted by Gasteiger charge is -2.39. The van der Waals surface area contributed by atoms with E-state index < -0.39 is 0 Å². The van der Waals surface area contributed by atoms with Crippen LogP contribution in [0.15, 0.2) is 103 Å². The molecule has 1 heterocycles. The van der Waals surface area contributed by atoms with Gasteiger partial charge in [0, 0.05) is 31.3 Å². The van der Waals surface area contributed by atoms with Gasteiger partial charge < -0.3 is 33.7 Å². The topological polar surface area (TPSA) is 67.4 Å². The van der Waals surface area contributed by atoms with Crippen LogP contribution in [0.5, 0.6) is 28.7 Å². The van der Waals surface area contributed by atoms with Crippen LogP contribution in [0.3, 0.4) is 0 Å². The summed E-state index contributed by atoms with van der Waals surface area (Å²) in [7, 11) is 3.33. The molecule has 1 fully saturated rings. The summed E-state index contributed by atoms with van der Waals surface area (Å²) in [6, 6.07) is 34.3. The van der Waals surface area contributed by atoms with Crippen molar-refractivity contribution in [3.8, 4) is 28.7 Å². The van der Waals surface area contributed by atoms with Crippen LogP contribution in [0, 0.1) is 11.8 Å². The van der Waals surface area contributed by atoms with Crippen molar-refractivity contribution in [3.63, 3.8) is 0 Å². The third kappa shape index (κ3) is 9.15. The molecule has 1 aliphatic heterocycles. The Bertz CT molecular complexity index is 1300. The third-order valence-corrected chi connectivity index (χ3v) is 7.95. The molecule has 1 saturated heterocycles. The molecule has 0 amide bonds. The molecule has 0 spiro atoms. The maximum Gasteiger partial charge on any atom is 0.119 e. The molecule has 0 aliphatic carbocycles. The zero-order chi connectivity index (χ0) is 30.4. The zero-order valence-corrected chi connectivity index (χ0v) is 25.7. The van der Waals surface area contributed by atoms with E-state index in [4.69, 9.17) is 28.4 Å². The van der Waals surface area contributed by atoms with Crippen LogP contribution in [-0.2, 0) is 11.3 Å². The molecule has 5 rings (SSSR count). The standard InChI is InChI=1S/C37H43NO6/c1-39-32-13-17-35(18-14-32)43-26-30-23-38-24-31(27-44-36-19-15-33(40-2)16-20-36)37(30)29-9-11-34(12-10-29)42-22-6-21-41-25-28-7-4-3-5-8-28/h3-5,7-20,30-31,37-38H,6,21-27H2,1-2H3/t30-,31+,37+. The van der Waals surface area contributed by atoms with E-state index in [1.807, 2.05) is 66.7 Å². The summed E-state index contributed by atoms with van der Waals surface area (Å²) >= 11 is 0. The summed E-state index contributed by atoms with van der Waals surface area (Å²) in [5, 5.41) is 3.62. The Morgan fingerprint density at radius 2 is 1.07 bits per heavy atom. The Balaban J connectivity index is 1.20. The van der Waals surface area contributed by atoms with Gasteiger partial charge in [-0.25, -0.2) is 0 Å². The highest BCUT2D eigenvalue weighted by atomic mass is 16.5. The van der Waals surface area contributed by atoms with Gasteiger partial charge in [-0.05, 0) is 77.7 Å². The van der Waals surface area contributed by atoms with E-state index in [2.05, 4.69) is 41.7 Å². The molecule has 7 nitrogen and oxygen atoms in total. The fraction of sp³-hybridized carbons (Fsp3) is 0.351. The SMILES string of the molecule is COc1ccc(OC[C@H]2CNC[C@@H](COc3ccc(OC)cc3)[C@H]2c2ccc(OCCCOCc3ccccc3)cc2)cc1. The predicted molar refractivity (Wildman–Crippen MR) is 172 cm³/mol. The van der Waals surface area contributed by atoms with Gasteiger partial charge in [-0.2, -0.15) is 0 Å². The van der Waals surface area contributed by atoms with Crippen molar-refractivity contribution >= 4 is 0 Å². The first kappa shape index (κ1) is 31.2. The lowest BCUT2D eigenvalue weighted by atomic mass is 9.74. The van der Waals surface area contributed by atoms with E-state index in [1.54, 1.807) is 14.2 Å². The van der Waals surface area contributed by atoms with Crippen LogP contribution in [0.2, 0.25) is 0 Å². The Kier molecular flexibility index (Phi) is 11.8. The van der Waals surface area contributed by atoms with E-state index in [0.717, 1.165) is 48.3 Å². The highest BCUT2D eigenvalue weighted by Gasteiger charge is 2.35. The van der Waals surface area contributed by atoms with Crippen LogP contribution < -0.4 is 29.0 Å². The Labute approximate surface area is 261 Å². The monoisotopic (exact) mass is 597 g/mol. The first-order valence-corrected chi connectivity index (χ1v) is 15.3. The molecule has 4 aromatic rings. The molecular formula is C37H43NO6. The molecule has 7 heteroatoms. The van der Waals surface area contributed by atoms with Gasteiger partial charge in [0.15, 0.2) is 0 Å². The molecule has 0 unspecified atom stereocenters. The molecule has 0 aromatic heterocycles. The minimum absolute atomic E-state index is 0.244. The summed E-state index contributed by atoms with van der Waals surface area (Å²) in [5.74, 6) is 4.90. The quantitative estimate of drug-likeness (QED) is 0.143. The minimum atomic E-state index is 0.244. The number of rotatable bonds is 16. The second-order valence-electron chi connectivity index (χ2n) is 11.0. The summed E-state index contributed by atoms with van der Waals surface area (Å²) in [4.78, 5) is 0. The maximum atomic E-state index is 6.28. The number of benzene rings is 4. The average molecular weight is 598 g/mol. The van der Waals surface area contributed by atoms with Crippen molar-refractivity contribution in [2.75, 3.05) is 53.7 Å². The highest BCUT2D eigenvalue weighted by molar-refractivity contribution is 5.33. The summed E-state index contributed by atoms with van der Waals surface area (Å²) in [6.45, 7) is 4.79. The Morgan fingerprint density at radius 1 is 0.568 bits per heavy atom. The molecule has 0 saturated carbocycles. The summed E-state index contributed by atoms with van der Waals surface area (Å²) in [5.41, 5.74) is 2.44. The Morgan fingerprint density at radius 3 is 1.61 bits per heavy atom. The average Bonchev–Trinajstić information content (AvgIpc) is 3.09. The smallest absolute Gasteiger partial charge is 0.119 e. The maximum absolute atomic E-state index is 6.28. The molecule has 1 aliphatic rings. The van der Waals surface area contributed by atoms with E-state index >= 15 is 0 Å². The van der Waals surface area contributed by atoms with Crippen molar-refractivity contribution in [1.29, 1.82) is 0 Å². The van der Waals surface area contributed by atoms with Crippen molar-refractivity contribution in [3.05, 3.63) is 114 Å². The van der Waals surface area contributed by atoms with E-state index in [-0.39, 0.29) is 17.8 Å². The van der Waals surface area contributed by atoms with Crippen LogP contribution in [0.25, 0.3) is 0 Å². The van der Waals surface area contributed by atoms with E-state index in [9.17, 15) is 0 Å². The highest BCUT2D eigenvalue weighted by Crippen LogP contribution is 2.37. The molecular weight excluding hydrogens is 554 g/mol. The Hall–Kier alpha value is -4.20. The number of ether oxygens (including phenoxy) is 6. The first-order valence-electron chi connectivity index (χ1n) is 15.3. The number of hydrogen-bond acceptors (Lipinski definition) is 7. The number of nitrogens with one attached hydrogen (secondary N) is 1. The lowest BCUT2D eigenvalue weighted by molar-refractivity contribution is 0.107. The van der Waals surface area contributed by atoms with Crippen LogP contribution in [-0.4, -0.2) is 53.7 Å². The van der Waals surface area contributed by atoms with E-state index in [1.165, 1.54) is 11.1 Å². The lowest BCUT2D eigenvalue weighted by Crippen LogP contribution is -2.46. The zero-order valence-electron chi connectivity index (χ0n) is 25.7. The second-order valence-corrected chi connectivity index (χ2v) is 11.0. The van der Waals surface area contributed by atoms with E-state index in [0.29, 0.717) is 33.0 Å². The molecule has 232 valence electrons. The number of methoxy groups -OCH3 is 2. The van der Waals surface area contributed by atoms with Crippen LogP contribution >= 0.6 is 0 Å². The van der Waals surface area contributed by atoms with Gasteiger partial charge in [0.25, 0.3) is 0 Å². The van der Waals surface area contributed by atoms with Crippen molar-refractivity contribution in [1.82, 2.24) is 5.32 Å². The number of hydrogen-bond donors (Lipinski definition) is 1. The minimum Gasteiger partial charge on any atom is -0.497 e. The fourth-order valence-corrected chi connectivity index (χ4v) is 5.61. The molecule has 0 radical (unpaired) electrons. The fourth-order valence-electron chi connectivity index (χ4n) is 5.61. The van der Waals surface area contributed by atoms with Gasteiger partial charge in [-0.1, -0.05) is 42.5 Å². The third-order valence-electron chi connectivity index (χ3n) is 7.95. The van der Waals surface area contributed by atoms with Gasteiger partial charge in [-0.15, -0.1) is 0 Å². The van der Waals surface area contributed by atoms with Gasteiger partial charge in [0.1, 0.15) is 28.7 Å². The summed E-state index contributed by atoms with van der Waals surface area (Å²) in [6.07, 6.45) is 0.832. The van der Waals surface area contributed by atoms with Gasteiger partial charge in [0.2, 0.25) is 0 Å². The van der Waals surface area contributed by atoms with Gasteiger partial charge >= 0.3 is 0 Å². The van der Waals surface area contributed by atoms with Crippen molar-refractivity contribution in [2.45, 2.75) is 18.9 Å². The predicted octanol–water partition coefficient (Wildman–Crippen LogP) is 6.77. The second kappa shape index (κ2) is 16.6. The first-order chi connectivity index (χ1) is 21.7. The molecule has 1 N–H and O–H groups in total. The molecule has 4 aromatic carbocycles. The van der Waals surface area contributed by atoms with Gasteiger partial charge in [0.05, 0.1) is 47.3 Å². The molecule has 3 atom stereocenters. The van der Waals surface area contributed by atoms with Crippen LogP contribution in [0.4, 0.5) is 0 Å². The van der Waals surface area contributed by atoms with Crippen molar-refractivity contribution < 1.29 is 28.4 Å². The van der Waals surface area contributed by atoms with Crippen LogP contribution in [0.1, 0.15) is 23.5 Å². The largest absolute Gasteiger partial charge is 0.497 e. The van der Waals surface area contributed by atoms with Crippen molar-refractivity contribution in [2.24, 2.45) is 11.8 Å². The number of piperidine rings is 1. The normalized spacial score (nSPS) is 17.9. The van der Waals surface area contributed by atoms with Gasteiger partial charge in [-0.3, -0.25) is 0 Å².